The van der Waals surface area contributed by atoms with Crippen molar-refractivity contribution in [1.82, 2.24) is 13.5 Å². The van der Waals surface area contributed by atoms with Crippen molar-refractivity contribution in [3.05, 3.63) is 35.9 Å². The summed E-state index contributed by atoms with van der Waals surface area (Å²) in [6.45, 7) is 3.62. The van der Waals surface area contributed by atoms with Gasteiger partial charge in [0.15, 0.2) is 0 Å². The fourth-order valence-corrected chi connectivity index (χ4v) is 6.58. The van der Waals surface area contributed by atoms with E-state index in [1.165, 1.54) is 12.0 Å². The standard InChI is InChI=1S/C21H33N3O3S2/c1-18(28-17-19-9-5-3-6-10-19)21(25)23-13-15-24(16-14-23)29(26,27)22(2)20-11-7-4-8-12-20/h3,5-6,9-10,18,20H,4,7-8,11-17H2,1-2H3/t18-/m1/s1. The molecule has 3 rings (SSSR count). The van der Waals surface area contributed by atoms with E-state index in [0.29, 0.717) is 26.2 Å². The van der Waals surface area contributed by atoms with Crippen LogP contribution in [0.4, 0.5) is 0 Å². The fraction of sp³-hybridized carbons (Fsp3) is 0.667. The van der Waals surface area contributed by atoms with Crippen LogP contribution in [0.2, 0.25) is 0 Å². The van der Waals surface area contributed by atoms with Gasteiger partial charge in [0, 0.05) is 45.0 Å². The lowest BCUT2D eigenvalue weighted by Gasteiger charge is -2.39. The zero-order chi connectivity index (χ0) is 20.9. The smallest absolute Gasteiger partial charge is 0.282 e. The summed E-state index contributed by atoms with van der Waals surface area (Å²) < 4.78 is 29.1. The van der Waals surface area contributed by atoms with E-state index in [1.807, 2.05) is 30.0 Å². The van der Waals surface area contributed by atoms with Crippen LogP contribution in [0, 0.1) is 0 Å². The minimum Gasteiger partial charge on any atom is -0.339 e. The summed E-state index contributed by atoms with van der Waals surface area (Å²) in [5.74, 6) is 0.900. The first-order valence-corrected chi connectivity index (χ1v) is 13.0. The zero-order valence-electron chi connectivity index (χ0n) is 17.5. The molecule has 162 valence electrons. The van der Waals surface area contributed by atoms with E-state index in [9.17, 15) is 13.2 Å². The number of hydrogen-bond acceptors (Lipinski definition) is 4. The van der Waals surface area contributed by atoms with Gasteiger partial charge < -0.3 is 4.90 Å². The van der Waals surface area contributed by atoms with Gasteiger partial charge in [-0.2, -0.15) is 17.0 Å². The summed E-state index contributed by atoms with van der Waals surface area (Å²) >= 11 is 1.63. The number of amides is 1. The van der Waals surface area contributed by atoms with Crippen LogP contribution in [0.5, 0.6) is 0 Å². The number of nitrogens with zero attached hydrogens (tertiary/aromatic N) is 3. The van der Waals surface area contributed by atoms with Gasteiger partial charge in [-0.25, -0.2) is 0 Å². The molecular formula is C21H33N3O3S2. The molecule has 0 aromatic heterocycles. The number of carbonyl (C=O) groups excluding carboxylic acids is 1. The SMILES string of the molecule is C[C@@H](SCc1ccccc1)C(=O)N1CCN(S(=O)(=O)N(C)C2CCCCC2)CC1. The molecule has 6 nitrogen and oxygen atoms in total. The van der Waals surface area contributed by atoms with Crippen molar-refractivity contribution in [2.75, 3.05) is 33.2 Å². The number of benzene rings is 1. The molecule has 1 saturated heterocycles. The van der Waals surface area contributed by atoms with Crippen molar-refractivity contribution in [3.8, 4) is 0 Å². The van der Waals surface area contributed by atoms with Gasteiger partial charge in [-0.15, -0.1) is 11.8 Å². The average Bonchev–Trinajstić information content (AvgIpc) is 2.77. The summed E-state index contributed by atoms with van der Waals surface area (Å²) in [5.41, 5.74) is 1.21. The molecule has 0 spiro atoms. The summed E-state index contributed by atoms with van der Waals surface area (Å²) in [5, 5.41) is -0.136. The van der Waals surface area contributed by atoms with E-state index >= 15 is 0 Å². The topological polar surface area (TPSA) is 60.9 Å². The molecule has 1 aliphatic heterocycles. The Morgan fingerprint density at radius 2 is 1.72 bits per heavy atom. The molecule has 0 unspecified atom stereocenters. The maximum Gasteiger partial charge on any atom is 0.282 e. The van der Waals surface area contributed by atoms with Crippen LogP contribution >= 0.6 is 11.8 Å². The Bertz CT molecular complexity index is 759. The van der Waals surface area contributed by atoms with Gasteiger partial charge in [0.05, 0.1) is 5.25 Å². The molecule has 2 aliphatic rings. The molecule has 29 heavy (non-hydrogen) atoms. The first kappa shape index (κ1) is 22.6. The van der Waals surface area contributed by atoms with Gasteiger partial charge in [0.25, 0.3) is 10.2 Å². The molecule has 0 N–H and O–H groups in total. The highest BCUT2D eigenvalue weighted by Gasteiger charge is 2.35. The predicted molar refractivity (Wildman–Crippen MR) is 119 cm³/mol. The third-order valence-corrected chi connectivity index (χ3v) is 9.27. The van der Waals surface area contributed by atoms with Gasteiger partial charge in [-0.3, -0.25) is 4.79 Å². The Morgan fingerprint density at radius 1 is 1.10 bits per heavy atom. The highest BCUT2D eigenvalue weighted by atomic mass is 32.2. The summed E-state index contributed by atoms with van der Waals surface area (Å²) in [4.78, 5) is 14.6. The lowest BCUT2D eigenvalue weighted by Crippen LogP contribution is -2.56. The molecular weight excluding hydrogens is 406 g/mol. The second kappa shape index (κ2) is 10.3. The number of carbonyl (C=O) groups is 1. The fourth-order valence-electron chi connectivity index (χ4n) is 4.08. The molecule has 1 saturated carbocycles. The molecule has 1 aliphatic carbocycles. The third kappa shape index (κ3) is 5.75. The molecule has 1 atom stereocenters. The lowest BCUT2D eigenvalue weighted by molar-refractivity contribution is -0.131. The number of piperazine rings is 1. The first-order chi connectivity index (χ1) is 13.9. The van der Waals surface area contributed by atoms with Crippen molar-refractivity contribution in [2.24, 2.45) is 0 Å². The zero-order valence-corrected chi connectivity index (χ0v) is 19.1. The van der Waals surface area contributed by atoms with E-state index in [2.05, 4.69) is 12.1 Å². The lowest BCUT2D eigenvalue weighted by atomic mass is 9.96. The first-order valence-electron chi connectivity index (χ1n) is 10.6. The molecule has 1 aromatic carbocycles. The Balaban J connectivity index is 1.49. The minimum absolute atomic E-state index is 0.101. The maximum atomic E-state index is 13.0. The van der Waals surface area contributed by atoms with Gasteiger partial charge in [-0.1, -0.05) is 49.6 Å². The molecule has 1 amide bonds. The largest absolute Gasteiger partial charge is 0.339 e. The van der Waals surface area contributed by atoms with Gasteiger partial charge in [-0.05, 0) is 25.3 Å². The van der Waals surface area contributed by atoms with Crippen LogP contribution < -0.4 is 0 Å². The molecule has 0 bridgehead atoms. The summed E-state index contributed by atoms with van der Waals surface area (Å²) in [7, 11) is -1.74. The molecule has 8 heteroatoms. The predicted octanol–water partition coefficient (Wildman–Crippen LogP) is 2.96. The van der Waals surface area contributed by atoms with Gasteiger partial charge >= 0.3 is 0 Å². The van der Waals surface area contributed by atoms with Crippen molar-refractivity contribution in [3.63, 3.8) is 0 Å². The van der Waals surface area contributed by atoms with E-state index in [4.69, 9.17) is 0 Å². The minimum atomic E-state index is -3.45. The highest BCUT2D eigenvalue weighted by Crippen LogP contribution is 2.26. The van der Waals surface area contributed by atoms with Crippen LogP contribution in [-0.4, -0.2) is 72.4 Å². The second-order valence-corrected chi connectivity index (χ2v) is 11.3. The molecule has 2 fully saturated rings. The number of rotatable bonds is 7. The van der Waals surface area contributed by atoms with Gasteiger partial charge in [0.1, 0.15) is 0 Å². The Labute approximate surface area is 179 Å². The number of thioether (sulfide) groups is 1. The summed E-state index contributed by atoms with van der Waals surface area (Å²) in [6, 6.07) is 10.2. The molecule has 1 heterocycles. The van der Waals surface area contributed by atoms with E-state index in [-0.39, 0.29) is 17.2 Å². The van der Waals surface area contributed by atoms with Crippen molar-refractivity contribution in [1.29, 1.82) is 0 Å². The Hall–Kier alpha value is -1.09. The quantitative estimate of drug-likeness (QED) is 0.655. The Morgan fingerprint density at radius 3 is 2.34 bits per heavy atom. The highest BCUT2D eigenvalue weighted by molar-refractivity contribution is 7.99. The summed E-state index contributed by atoms with van der Waals surface area (Å²) in [6.07, 6.45) is 5.30. The van der Waals surface area contributed by atoms with E-state index < -0.39 is 10.2 Å². The molecule has 0 radical (unpaired) electrons. The van der Waals surface area contributed by atoms with Crippen LogP contribution in [0.3, 0.4) is 0 Å². The maximum absolute atomic E-state index is 13.0. The average molecular weight is 440 g/mol. The monoisotopic (exact) mass is 439 g/mol. The van der Waals surface area contributed by atoms with E-state index in [0.717, 1.165) is 31.4 Å². The van der Waals surface area contributed by atoms with Crippen molar-refractivity contribution in [2.45, 2.75) is 56.1 Å². The third-order valence-electron chi connectivity index (χ3n) is 6.02. The van der Waals surface area contributed by atoms with E-state index in [1.54, 1.807) is 27.4 Å². The second-order valence-electron chi connectivity index (χ2n) is 7.98. The van der Waals surface area contributed by atoms with Crippen LogP contribution in [0.1, 0.15) is 44.6 Å². The van der Waals surface area contributed by atoms with Crippen molar-refractivity contribution >= 4 is 27.9 Å². The van der Waals surface area contributed by atoms with Crippen LogP contribution in [0.25, 0.3) is 0 Å². The van der Waals surface area contributed by atoms with Crippen LogP contribution in [0.15, 0.2) is 30.3 Å². The Kier molecular flexibility index (Phi) is 8.01. The number of hydrogen-bond donors (Lipinski definition) is 0. The van der Waals surface area contributed by atoms with Crippen molar-refractivity contribution < 1.29 is 13.2 Å². The molecule has 1 aromatic rings. The normalized spacial score (nSPS) is 20.7. The van der Waals surface area contributed by atoms with Gasteiger partial charge in [0.2, 0.25) is 5.91 Å². The van der Waals surface area contributed by atoms with Crippen LogP contribution in [-0.2, 0) is 20.8 Å².